The fourth-order valence-corrected chi connectivity index (χ4v) is 0. The Balaban J connectivity index is -0.0000000221. The summed E-state index contributed by atoms with van der Waals surface area (Å²) in [5.74, 6) is 0. The van der Waals surface area contributed by atoms with Gasteiger partial charge in [0.15, 0.2) is 0 Å². The van der Waals surface area contributed by atoms with E-state index in [4.69, 9.17) is 1.12 Å². The van der Waals surface area contributed by atoms with Crippen LogP contribution in [0.15, 0.2) is 0 Å². The number of rotatable bonds is 0. The molecule has 0 radical (unpaired) electrons. The fraction of sp³-hybridized carbons (Fsp3) is 0. The van der Waals surface area contributed by atoms with Crippen LogP contribution in [0.25, 0.3) is 0 Å². The van der Waals surface area contributed by atoms with Gasteiger partial charge in [-0.15, -0.1) is 0 Å². The van der Waals surface area contributed by atoms with Crippen molar-refractivity contribution in [3.05, 3.63) is 0 Å². The Labute approximate surface area is 131 Å². The molecule has 0 aromatic rings. The van der Waals surface area contributed by atoms with Crippen molar-refractivity contribution in [3.63, 3.8) is 0 Å². The average molecular weight is 361 g/mol. The zero-order valence-electron chi connectivity index (χ0n) is 4.96. The first-order chi connectivity index (χ1) is 3.91. The van der Waals surface area contributed by atoms with E-state index in [-0.39, 0.29) is 51.4 Å². The minimum atomic E-state index is 0. The van der Waals surface area contributed by atoms with E-state index in [9.17, 15) is 0 Å². The Bertz CT molecular complexity index is 67.0. The molecule has 0 rings (SSSR count). The number of halogens is 1. The summed E-state index contributed by atoms with van der Waals surface area (Å²) in [6.45, 7) is 0. The Kier molecular flexibility index (Phi) is 68.5. The standard InChI is InChI=1S/IS.K.HPS3.H2S/c1-2;;1-3-4-2;/h;;1H;1H2/q-1;+1;;/i/hD. The van der Waals surface area contributed by atoms with Gasteiger partial charge in [-0.25, -0.2) is 0 Å². The molecular formula is H3IKPS5. The molecule has 0 amide bonds. The molecule has 0 aromatic carbocycles. The minimum Gasteiger partial charge on any atom is -0.713 e. The molecule has 0 aromatic heterocycles. The SMILES string of the molecule is P=S=S=S.[2H]S.[K+].[S-]I. The summed E-state index contributed by atoms with van der Waals surface area (Å²) < 4.78 is 5.44. The van der Waals surface area contributed by atoms with Crippen molar-refractivity contribution in [1.82, 2.24) is 0 Å². The molecule has 8 heteroatoms. The zero-order valence-corrected chi connectivity index (χ0v) is 14.4. The molecule has 0 nitrogen and oxygen atoms in total. The topological polar surface area (TPSA) is 0 Å². The molecule has 46 valence electrons. The summed E-state index contributed by atoms with van der Waals surface area (Å²) in [6, 6.07) is 0. The van der Waals surface area contributed by atoms with Gasteiger partial charge in [-0.3, -0.25) is 21.2 Å². The molecule has 0 atom stereocenters. The summed E-state index contributed by atoms with van der Waals surface area (Å²) in [6.07, 6.45) is 0. The summed E-state index contributed by atoms with van der Waals surface area (Å²) >= 11 is 8.90. The van der Waals surface area contributed by atoms with Crippen LogP contribution in [0.2, 0.25) is 0 Å². The van der Waals surface area contributed by atoms with Crippen LogP contribution in [0.4, 0.5) is 0 Å². The molecule has 0 saturated heterocycles. The first-order valence-corrected chi connectivity index (χ1v) is 7.94. The third kappa shape index (κ3) is 32.3. The molecule has 0 N–H and O–H groups in total. The smallest absolute Gasteiger partial charge is 0.713 e. The van der Waals surface area contributed by atoms with Crippen LogP contribution in [-0.2, 0) is 39.4 Å². The monoisotopic (exact) mass is 361 g/mol. The van der Waals surface area contributed by atoms with E-state index in [1.165, 1.54) is 18.4 Å². The van der Waals surface area contributed by atoms with Crippen LogP contribution < -0.4 is 51.4 Å². The van der Waals surface area contributed by atoms with Crippen LogP contribution in [0.1, 0.15) is 0 Å². The average Bonchev–Trinajstić information content (AvgIpc) is 1.96. The zero-order chi connectivity index (χ0) is 7.41. The Hall–Kier alpha value is 4.03. The summed E-state index contributed by atoms with van der Waals surface area (Å²) in [5, 5.41) is 0. The van der Waals surface area contributed by atoms with E-state index in [2.05, 4.69) is 42.4 Å². The van der Waals surface area contributed by atoms with Gasteiger partial charge in [-0.05, 0) is 28.1 Å². The molecule has 0 saturated carbocycles. The fourth-order valence-electron chi connectivity index (χ4n) is 0. The molecule has 0 heterocycles. The predicted octanol–water partition coefficient (Wildman–Crippen LogP) is -1.41. The number of hydrogen-bond donors (Lipinski definition) is 0. The summed E-state index contributed by atoms with van der Waals surface area (Å²) in [7, 11) is 9.78. The molecule has 0 unspecified atom stereocenters. The molecule has 0 aliphatic rings. The van der Waals surface area contributed by atoms with Gasteiger partial charge in [0.25, 0.3) is 0 Å². The third-order valence-electron chi connectivity index (χ3n) is 0.0340. The molecule has 0 fully saturated rings. The van der Waals surface area contributed by atoms with Gasteiger partial charge in [-0.1, -0.05) is 9.50 Å². The van der Waals surface area contributed by atoms with Gasteiger partial charge in [0.05, 0.1) is 1.12 Å². The Morgan fingerprint density at radius 3 is 1.88 bits per heavy atom. The van der Waals surface area contributed by atoms with Crippen molar-refractivity contribution in [1.29, 1.82) is 1.12 Å². The maximum absolute atomic E-state index is 5.44. The van der Waals surface area contributed by atoms with Crippen molar-refractivity contribution in [2.24, 2.45) is 0 Å². The second-order valence-electron chi connectivity index (χ2n) is 0.151. The maximum Gasteiger partial charge on any atom is 1.00 e. The minimum absolute atomic E-state index is 0. The van der Waals surface area contributed by atoms with E-state index in [0.717, 1.165) is 0 Å². The first-order valence-electron chi connectivity index (χ1n) is 1.14. The van der Waals surface area contributed by atoms with E-state index < -0.39 is 0 Å². The van der Waals surface area contributed by atoms with Crippen molar-refractivity contribution in [3.8, 4) is 0 Å². The van der Waals surface area contributed by atoms with Crippen LogP contribution in [-0.4, -0.2) is 1.12 Å². The molecule has 0 aliphatic heterocycles. The summed E-state index contributed by atoms with van der Waals surface area (Å²) in [5.41, 5.74) is 0. The van der Waals surface area contributed by atoms with Gasteiger partial charge in [0.2, 0.25) is 0 Å². The van der Waals surface area contributed by atoms with E-state index >= 15 is 0 Å². The molecule has 0 spiro atoms. The van der Waals surface area contributed by atoms with Crippen molar-refractivity contribution < 1.29 is 51.4 Å². The van der Waals surface area contributed by atoms with Crippen LogP contribution in [0, 0.1) is 0 Å². The van der Waals surface area contributed by atoms with Crippen LogP contribution in [0.3, 0.4) is 0 Å². The number of hydrogen-bond acceptors (Lipinski definition) is 2. The molecular weight excluding hydrogens is 357 g/mol. The van der Waals surface area contributed by atoms with Gasteiger partial charge in [0.1, 0.15) is 0 Å². The van der Waals surface area contributed by atoms with E-state index in [1.54, 1.807) is 21.2 Å². The second-order valence-corrected chi connectivity index (χ2v) is 4.09. The van der Waals surface area contributed by atoms with Gasteiger partial charge in [-0.2, -0.15) is 13.4 Å². The normalized spacial score (nSPS) is 4.12. The molecule has 8 heavy (non-hydrogen) atoms. The van der Waals surface area contributed by atoms with Crippen LogP contribution >= 0.6 is 42.6 Å². The quantitative estimate of drug-likeness (QED) is 0.225. The Morgan fingerprint density at radius 2 is 1.88 bits per heavy atom. The van der Waals surface area contributed by atoms with Gasteiger partial charge < -0.3 is 9.80 Å². The van der Waals surface area contributed by atoms with E-state index in [1.807, 2.05) is 0 Å². The van der Waals surface area contributed by atoms with E-state index in [0.29, 0.717) is 0 Å². The summed E-state index contributed by atoms with van der Waals surface area (Å²) in [4.78, 5) is 0. The third-order valence-corrected chi connectivity index (χ3v) is 2.76. The van der Waals surface area contributed by atoms with Gasteiger partial charge in [0, 0.05) is 0 Å². The van der Waals surface area contributed by atoms with Crippen molar-refractivity contribution >= 4 is 82.0 Å². The Morgan fingerprint density at radius 1 is 1.75 bits per heavy atom. The maximum atomic E-state index is 5.44. The predicted molar refractivity (Wildman–Crippen MR) is 62.2 cm³/mol. The van der Waals surface area contributed by atoms with Crippen molar-refractivity contribution in [2.45, 2.75) is 0 Å². The second kappa shape index (κ2) is 30.5. The van der Waals surface area contributed by atoms with Gasteiger partial charge >= 0.3 is 51.4 Å². The van der Waals surface area contributed by atoms with Crippen LogP contribution in [0.5, 0.6) is 0 Å². The molecule has 0 aliphatic carbocycles. The largest absolute Gasteiger partial charge is 1.00 e. The first kappa shape index (κ1) is 17.9. The molecule has 0 bridgehead atoms. The van der Waals surface area contributed by atoms with Crippen molar-refractivity contribution in [2.75, 3.05) is 0 Å².